The lowest BCUT2D eigenvalue weighted by Crippen LogP contribution is -2.68. The van der Waals surface area contributed by atoms with E-state index < -0.39 is 20.3 Å². The van der Waals surface area contributed by atoms with Crippen LogP contribution in [-0.2, 0) is 21.4 Å². The maximum atomic E-state index is 12.6. The summed E-state index contributed by atoms with van der Waals surface area (Å²) in [6, 6.07) is 18.4. The maximum absolute atomic E-state index is 12.6. The molecule has 3 rings (SSSR count). The minimum Gasteiger partial charge on any atom is -0.320 e. The molecule has 182 valence electrons. The van der Waals surface area contributed by atoms with Crippen LogP contribution in [0.4, 0.5) is 5.69 Å². The number of benzene rings is 2. The van der Waals surface area contributed by atoms with Gasteiger partial charge in [0.2, 0.25) is 16.6 Å². The molecular weight excluding hydrogens is 554 g/mol. The van der Waals surface area contributed by atoms with Gasteiger partial charge >= 0.3 is 0 Å². The van der Waals surface area contributed by atoms with Gasteiger partial charge in [-0.25, -0.2) is 32.2 Å². The lowest BCUT2D eigenvalue weighted by molar-refractivity contribution is -2.00. The molecule has 1 amide bonds. The summed E-state index contributed by atoms with van der Waals surface area (Å²) in [4.78, 5) is 12.6. The van der Waals surface area contributed by atoms with Gasteiger partial charge in [0.15, 0.2) is 11.4 Å². The number of anilines is 1. The molecule has 0 unspecified atom stereocenters. The SMILES string of the molecule is Cc1cc(-c2ccccc2)cc(C)[n+]1CC(=O)Nc1ccc(S(N)(=O)=O)cc1Br.[O-][Cl+3]([O-])([O-])[O-]. The average Bonchev–Trinajstić information content (AvgIpc) is 2.71. The molecule has 1 aromatic heterocycles. The van der Waals surface area contributed by atoms with Gasteiger partial charge < -0.3 is 5.32 Å². The van der Waals surface area contributed by atoms with Gasteiger partial charge in [0.1, 0.15) is 0 Å². The standard InChI is InChI=1S/C21H20BrN3O3S.ClHO4/c1-14-10-17(16-6-4-3-5-7-16)11-15(2)25(14)13-21(26)24-20-9-8-18(12-19(20)22)29(23,27)28;2-1(3,4)5/h3-12H,13H2,1-2H3,(H2-,23,24,26,27,28);(H,2,3,4,5). The van der Waals surface area contributed by atoms with E-state index in [4.69, 9.17) is 23.8 Å². The number of amides is 1. The van der Waals surface area contributed by atoms with E-state index in [0.717, 1.165) is 22.5 Å². The number of rotatable bonds is 5. The summed E-state index contributed by atoms with van der Waals surface area (Å²) in [7, 11) is -8.75. The smallest absolute Gasteiger partial charge is 0.290 e. The number of primary sulfonamides is 1. The molecule has 0 fully saturated rings. The number of nitrogens with one attached hydrogen (secondary N) is 1. The number of carbonyl (C=O) groups is 1. The third-order valence-electron chi connectivity index (χ3n) is 4.53. The molecule has 10 nitrogen and oxygen atoms in total. The first-order valence-corrected chi connectivity index (χ1v) is 13.0. The molecule has 3 aromatic rings. The van der Waals surface area contributed by atoms with Gasteiger partial charge in [0.25, 0.3) is 5.91 Å². The predicted molar refractivity (Wildman–Crippen MR) is 116 cm³/mol. The summed E-state index contributed by atoms with van der Waals surface area (Å²) >= 11 is 3.28. The second kappa shape index (κ2) is 11.3. The van der Waals surface area contributed by atoms with Crippen LogP contribution in [0.15, 0.2) is 70.0 Å². The molecule has 34 heavy (non-hydrogen) atoms. The number of aromatic nitrogens is 1. The Kier molecular flexibility index (Phi) is 9.28. The van der Waals surface area contributed by atoms with Gasteiger partial charge in [-0.3, -0.25) is 4.79 Å². The van der Waals surface area contributed by atoms with E-state index in [9.17, 15) is 13.2 Å². The number of carbonyl (C=O) groups excluding carboxylic acids is 1. The third-order valence-corrected chi connectivity index (χ3v) is 6.10. The fraction of sp³-hybridized carbons (Fsp3) is 0.143. The summed E-state index contributed by atoms with van der Waals surface area (Å²) < 4.78 is 59.2. The largest absolute Gasteiger partial charge is 0.320 e. The van der Waals surface area contributed by atoms with Crippen molar-refractivity contribution in [2.45, 2.75) is 25.3 Å². The number of pyridine rings is 1. The zero-order chi connectivity index (χ0) is 25.7. The number of nitrogens with two attached hydrogens (primary N) is 1. The molecule has 3 N–H and O–H groups in total. The van der Waals surface area contributed by atoms with Gasteiger partial charge in [-0.05, 0) is 45.3 Å². The lowest BCUT2D eigenvalue weighted by atomic mass is 10.0. The van der Waals surface area contributed by atoms with Crippen molar-refractivity contribution in [3.63, 3.8) is 0 Å². The van der Waals surface area contributed by atoms with Gasteiger partial charge in [-0.1, -0.05) is 30.3 Å². The second-order valence-electron chi connectivity index (χ2n) is 7.09. The van der Waals surface area contributed by atoms with Crippen molar-refractivity contribution in [2.24, 2.45) is 5.14 Å². The zero-order valence-corrected chi connectivity index (χ0v) is 21.2. The molecule has 0 aliphatic rings. The molecule has 13 heteroatoms. The van der Waals surface area contributed by atoms with E-state index in [0.29, 0.717) is 10.2 Å². The molecule has 0 aliphatic carbocycles. The molecule has 0 saturated heterocycles. The summed E-state index contributed by atoms with van der Waals surface area (Å²) in [5.41, 5.74) is 4.61. The molecular formula is C21H21BrClN3O7S. The first-order valence-electron chi connectivity index (χ1n) is 9.45. The number of sulfonamides is 1. The minimum absolute atomic E-state index is 0.0278. The highest BCUT2D eigenvalue weighted by Gasteiger charge is 2.19. The van der Waals surface area contributed by atoms with Crippen molar-refractivity contribution < 1.29 is 46.7 Å². The molecule has 0 aliphatic heterocycles. The predicted octanol–water partition coefficient (Wildman–Crippen LogP) is -1.45. The average molecular weight is 575 g/mol. The zero-order valence-electron chi connectivity index (χ0n) is 18.0. The van der Waals surface area contributed by atoms with Gasteiger partial charge in [0, 0.05) is 30.5 Å². The molecule has 1 heterocycles. The van der Waals surface area contributed by atoms with E-state index in [1.165, 1.54) is 18.2 Å². The van der Waals surface area contributed by atoms with Crippen molar-refractivity contribution in [1.29, 1.82) is 0 Å². The monoisotopic (exact) mass is 573 g/mol. The molecule has 0 radical (unpaired) electrons. The Bertz CT molecular complexity index is 1250. The van der Waals surface area contributed by atoms with Crippen molar-refractivity contribution >= 4 is 37.5 Å². The second-order valence-corrected chi connectivity index (χ2v) is 10.3. The Morgan fingerprint density at radius 3 is 1.97 bits per heavy atom. The number of hydrogen-bond donors (Lipinski definition) is 2. The van der Waals surface area contributed by atoms with Crippen LogP contribution in [0.3, 0.4) is 0 Å². The van der Waals surface area contributed by atoms with Crippen LogP contribution in [0.5, 0.6) is 0 Å². The van der Waals surface area contributed by atoms with Crippen molar-refractivity contribution in [1.82, 2.24) is 0 Å². The van der Waals surface area contributed by atoms with Crippen LogP contribution in [0, 0.1) is 24.1 Å². The van der Waals surface area contributed by atoms with Crippen molar-refractivity contribution in [3.05, 3.63) is 76.5 Å². The maximum Gasteiger partial charge on any atom is 0.290 e. The van der Waals surface area contributed by atoms with Crippen molar-refractivity contribution in [2.75, 3.05) is 5.32 Å². The minimum atomic E-state index is -4.94. The van der Waals surface area contributed by atoms with Crippen LogP contribution >= 0.6 is 15.9 Å². The summed E-state index contributed by atoms with van der Waals surface area (Å²) in [5.74, 6) is -0.224. The van der Waals surface area contributed by atoms with Gasteiger partial charge in [-0.15, -0.1) is 10.2 Å². The van der Waals surface area contributed by atoms with Gasteiger partial charge in [-0.2, -0.15) is 4.57 Å². The summed E-state index contributed by atoms with van der Waals surface area (Å²) in [5, 5.41) is 7.92. The number of nitrogens with zero attached hydrogens (tertiary/aromatic N) is 1. The fourth-order valence-electron chi connectivity index (χ4n) is 3.08. The van der Waals surface area contributed by atoms with Gasteiger partial charge in [0.05, 0.1) is 10.6 Å². The van der Waals surface area contributed by atoms with Crippen molar-refractivity contribution in [3.8, 4) is 11.1 Å². The first-order chi connectivity index (χ1) is 15.6. The molecule has 0 saturated carbocycles. The Morgan fingerprint density at radius 2 is 1.50 bits per heavy atom. The Hall–Kier alpha value is -2.42. The van der Waals surface area contributed by atoms with Crippen LogP contribution in [0.2, 0.25) is 0 Å². The van der Waals surface area contributed by atoms with E-state index in [1.807, 2.05) is 60.9 Å². The van der Waals surface area contributed by atoms with Crippen LogP contribution < -0.4 is 33.7 Å². The Balaban J connectivity index is 0.000000739. The Labute approximate surface area is 207 Å². The molecule has 0 atom stereocenters. The third kappa shape index (κ3) is 8.74. The highest BCUT2D eigenvalue weighted by atomic mass is 79.9. The van der Waals surface area contributed by atoms with Crippen LogP contribution in [-0.4, -0.2) is 14.3 Å². The van der Waals surface area contributed by atoms with E-state index in [1.54, 1.807) is 0 Å². The highest BCUT2D eigenvalue weighted by Crippen LogP contribution is 2.25. The quantitative estimate of drug-likeness (QED) is 0.349. The molecule has 0 spiro atoms. The van der Waals surface area contributed by atoms with E-state index >= 15 is 0 Å². The number of hydrogen-bond acceptors (Lipinski definition) is 7. The van der Waals surface area contributed by atoms with E-state index in [2.05, 4.69) is 21.2 Å². The molecule has 2 aromatic carbocycles. The fourth-order valence-corrected chi connectivity index (χ4v) is 4.25. The normalized spacial score (nSPS) is 11.4. The molecule has 0 bridgehead atoms. The van der Waals surface area contributed by atoms with Crippen LogP contribution in [0.1, 0.15) is 11.4 Å². The van der Waals surface area contributed by atoms with Crippen LogP contribution in [0.25, 0.3) is 11.1 Å². The number of halogens is 2. The first kappa shape index (κ1) is 27.8. The lowest BCUT2D eigenvalue weighted by Gasteiger charge is -2.17. The Morgan fingerprint density at radius 1 is 0.971 bits per heavy atom. The number of aryl methyl sites for hydroxylation is 2. The topological polar surface area (TPSA) is 185 Å². The summed E-state index contributed by atoms with van der Waals surface area (Å²) in [6.07, 6.45) is 0. The highest BCUT2D eigenvalue weighted by molar-refractivity contribution is 9.10. The summed E-state index contributed by atoms with van der Waals surface area (Å²) in [6.45, 7) is 4.06. The van der Waals surface area contributed by atoms with E-state index in [-0.39, 0.29) is 17.3 Å².